The van der Waals surface area contributed by atoms with Gasteiger partial charge in [-0.05, 0) is 24.3 Å². The summed E-state index contributed by atoms with van der Waals surface area (Å²) in [7, 11) is 0. The number of ketones is 4. The van der Waals surface area contributed by atoms with Gasteiger partial charge in [0.1, 0.15) is 11.5 Å². The van der Waals surface area contributed by atoms with Crippen molar-refractivity contribution in [2.45, 2.75) is 13.8 Å². The Kier molecular flexibility index (Phi) is 7.67. The maximum Gasteiger partial charge on any atom is 0.287 e. The second-order valence-corrected chi connectivity index (χ2v) is 7.90. The van der Waals surface area contributed by atoms with Gasteiger partial charge in [-0.3, -0.25) is 28.8 Å². The van der Waals surface area contributed by atoms with E-state index in [0.717, 1.165) is 26.0 Å². The van der Waals surface area contributed by atoms with Crippen molar-refractivity contribution in [3.05, 3.63) is 46.5 Å². The Balaban J connectivity index is 1.94. The van der Waals surface area contributed by atoms with Crippen LogP contribution in [0.1, 0.15) is 45.7 Å². The van der Waals surface area contributed by atoms with Crippen LogP contribution in [0, 0.1) is 0 Å². The zero-order valence-corrected chi connectivity index (χ0v) is 19.5. The van der Waals surface area contributed by atoms with Crippen LogP contribution in [0.2, 0.25) is 0 Å². The molecule has 0 atom stereocenters. The highest BCUT2D eigenvalue weighted by Crippen LogP contribution is 2.42. The van der Waals surface area contributed by atoms with E-state index in [1.807, 2.05) is 0 Å². The average Bonchev–Trinajstić information content (AvgIpc) is 2.83. The van der Waals surface area contributed by atoms with Crippen molar-refractivity contribution >= 4 is 46.3 Å². The number of amides is 2. The molecule has 0 unspecified atom stereocenters. The molecule has 12 heteroatoms. The summed E-state index contributed by atoms with van der Waals surface area (Å²) in [6, 6.07) is 5.24. The predicted molar refractivity (Wildman–Crippen MR) is 127 cm³/mol. The van der Waals surface area contributed by atoms with E-state index in [4.69, 9.17) is 0 Å². The van der Waals surface area contributed by atoms with Crippen molar-refractivity contribution in [2.75, 3.05) is 36.8 Å². The number of phenols is 2. The van der Waals surface area contributed by atoms with Crippen LogP contribution in [0.15, 0.2) is 24.3 Å². The first kappa shape index (κ1) is 25.9. The maximum absolute atomic E-state index is 13.4. The Morgan fingerprint density at radius 3 is 1.31 bits per heavy atom. The Labute approximate surface area is 205 Å². The Morgan fingerprint density at radius 2 is 0.972 bits per heavy atom. The highest BCUT2D eigenvalue weighted by atomic mass is 16.3. The van der Waals surface area contributed by atoms with E-state index in [9.17, 15) is 39.0 Å². The van der Waals surface area contributed by atoms with Crippen molar-refractivity contribution in [1.82, 2.24) is 10.6 Å². The van der Waals surface area contributed by atoms with Gasteiger partial charge in [-0.25, -0.2) is 0 Å². The number of anilines is 2. The van der Waals surface area contributed by atoms with E-state index in [0.29, 0.717) is 0 Å². The molecule has 0 saturated carbocycles. The van der Waals surface area contributed by atoms with Crippen LogP contribution in [0.25, 0.3) is 0 Å². The number of benzene rings is 2. The number of rotatable bonds is 10. The number of hydrogen-bond acceptors (Lipinski definition) is 10. The molecule has 2 amide bonds. The minimum absolute atomic E-state index is 0.0494. The van der Waals surface area contributed by atoms with Gasteiger partial charge in [0.15, 0.2) is 0 Å². The third kappa shape index (κ3) is 5.17. The molecule has 0 aliphatic heterocycles. The van der Waals surface area contributed by atoms with Gasteiger partial charge < -0.3 is 31.5 Å². The molecule has 1 aliphatic rings. The average molecular weight is 496 g/mol. The van der Waals surface area contributed by atoms with Crippen LogP contribution in [0.5, 0.6) is 11.5 Å². The highest BCUT2D eigenvalue weighted by molar-refractivity contribution is 6.35. The zero-order valence-electron chi connectivity index (χ0n) is 19.5. The summed E-state index contributed by atoms with van der Waals surface area (Å²) in [4.78, 5) is 71.9. The molecule has 0 radical (unpaired) electrons. The summed E-state index contributed by atoms with van der Waals surface area (Å²) in [6.45, 7) is 2.56. The minimum atomic E-state index is -0.768. The number of aromatic hydroxyl groups is 2. The first-order chi connectivity index (χ1) is 17.0. The highest BCUT2D eigenvalue weighted by Gasteiger charge is 2.37. The fourth-order valence-electron chi connectivity index (χ4n) is 3.65. The number of carbonyl (C=O) groups excluding carboxylic acids is 6. The molecular formula is C24H24N4O8. The summed E-state index contributed by atoms with van der Waals surface area (Å²) in [5, 5.41) is 31.2. The molecule has 3 rings (SSSR count). The maximum atomic E-state index is 13.4. The Bertz CT molecular complexity index is 1200. The van der Waals surface area contributed by atoms with Crippen molar-refractivity contribution in [3.8, 4) is 11.5 Å². The molecule has 0 heterocycles. The molecule has 0 saturated heterocycles. The Morgan fingerprint density at radius 1 is 0.611 bits per heavy atom. The summed E-state index contributed by atoms with van der Waals surface area (Å²) in [6.07, 6.45) is 0. The van der Waals surface area contributed by atoms with Crippen LogP contribution < -0.4 is 21.3 Å². The molecule has 188 valence electrons. The van der Waals surface area contributed by atoms with Crippen molar-refractivity contribution in [3.63, 3.8) is 0 Å². The van der Waals surface area contributed by atoms with Gasteiger partial charge in [0.2, 0.25) is 23.1 Å². The normalized spacial score (nSPS) is 11.7. The lowest BCUT2D eigenvalue weighted by molar-refractivity contribution is -0.136. The molecule has 2 aromatic rings. The first-order valence-electron chi connectivity index (χ1n) is 10.9. The van der Waals surface area contributed by atoms with E-state index in [-0.39, 0.29) is 59.8 Å². The third-order valence-corrected chi connectivity index (χ3v) is 5.37. The smallest absolute Gasteiger partial charge is 0.287 e. The van der Waals surface area contributed by atoms with E-state index in [1.165, 1.54) is 12.1 Å². The van der Waals surface area contributed by atoms with E-state index < -0.39 is 46.4 Å². The second-order valence-electron chi connectivity index (χ2n) is 7.90. The topological polar surface area (TPSA) is 191 Å². The van der Waals surface area contributed by atoms with Gasteiger partial charge in [-0.2, -0.15) is 0 Å². The van der Waals surface area contributed by atoms with Crippen LogP contribution in [0.4, 0.5) is 11.4 Å². The first-order valence-corrected chi connectivity index (χ1v) is 10.9. The molecule has 1 aliphatic carbocycles. The minimum Gasteiger partial charge on any atom is -0.507 e. The summed E-state index contributed by atoms with van der Waals surface area (Å²) in [5.74, 6) is -5.22. The summed E-state index contributed by atoms with van der Waals surface area (Å²) in [5.41, 5.74) is -0.362. The Hall–Kier alpha value is -4.74. The molecule has 2 aromatic carbocycles. The largest absolute Gasteiger partial charge is 0.507 e. The van der Waals surface area contributed by atoms with Gasteiger partial charge >= 0.3 is 0 Å². The predicted octanol–water partition coefficient (Wildman–Crippen LogP) is 0.107. The van der Waals surface area contributed by atoms with Gasteiger partial charge in [-0.15, -0.1) is 0 Å². The fourth-order valence-corrected chi connectivity index (χ4v) is 3.65. The van der Waals surface area contributed by atoms with Gasteiger partial charge in [0.25, 0.3) is 11.8 Å². The SMILES string of the molecule is CC(=O)C(=O)NCCNc1ccc(NCCNC(=O)C(C)=O)c2c1C(=O)c1c(O)ccc(O)c1C2=O. The molecule has 0 bridgehead atoms. The van der Waals surface area contributed by atoms with Crippen molar-refractivity contribution in [2.24, 2.45) is 0 Å². The number of phenolic OH excluding ortho intramolecular Hbond substituents is 2. The number of fused-ring (bicyclic) bond motifs is 2. The molecule has 6 N–H and O–H groups in total. The zero-order chi connectivity index (χ0) is 26.6. The number of nitrogens with one attached hydrogen (secondary N) is 4. The standard InChI is InChI=1S/C24H24N4O8/c1-11(29)23(35)27-9-7-25-13-3-4-14(26-8-10-28-24(36)12(2)30)18-17(13)21(33)19-15(31)5-6-16(32)20(19)22(18)34/h3-6,25-26,31-32H,7-10H2,1-2H3,(H,27,35)(H,28,36). The van der Waals surface area contributed by atoms with E-state index >= 15 is 0 Å². The van der Waals surface area contributed by atoms with Gasteiger partial charge in [0.05, 0.1) is 22.3 Å². The number of carbonyl (C=O) groups is 6. The lowest BCUT2D eigenvalue weighted by Crippen LogP contribution is -2.34. The van der Waals surface area contributed by atoms with E-state index in [2.05, 4.69) is 21.3 Å². The van der Waals surface area contributed by atoms with Crippen molar-refractivity contribution in [1.29, 1.82) is 0 Å². The lowest BCUT2D eigenvalue weighted by Gasteiger charge is -2.25. The number of Topliss-reactive ketones (excluding diaryl/α,β-unsaturated/α-hetero) is 2. The van der Waals surface area contributed by atoms with Gasteiger partial charge in [0, 0.05) is 51.4 Å². The van der Waals surface area contributed by atoms with Crippen LogP contribution in [-0.4, -0.2) is 71.3 Å². The summed E-state index contributed by atoms with van der Waals surface area (Å²) >= 11 is 0. The fraction of sp³-hybridized carbons (Fsp3) is 0.250. The quantitative estimate of drug-likeness (QED) is 0.128. The lowest BCUT2D eigenvalue weighted by atomic mass is 9.81. The molecule has 0 fully saturated rings. The van der Waals surface area contributed by atoms with Crippen LogP contribution in [0.3, 0.4) is 0 Å². The monoisotopic (exact) mass is 496 g/mol. The van der Waals surface area contributed by atoms with Crippen molar-refractivity contribution < 1.29 is 39.0 Å². The van der Waals surface area contributed by atoms with Crippen LogP contribution >= 0.6 is 0 Å². The summed E-state index contributed by atoms with van der Waals surface area (Å²) < 4.78 is 0. The van der Waals surface area contributed by atoms with E-state index in [1.54, 1.807) is 0 Å². The molecule has 0 spiro atoms. The molecule has 12 nitrogen and oxygen atoms in total. The molecule has 36 heavy (non-hydrogen) atoms. The second kappa shape index (κ2) is 10.7. The van der Waals surface area contributed by atoms with Gasteiger partial charge in [-0.1, -0.05) is 0 Å². The number of hydrogen-bond donors (Lipinski definition) is 6. The van der Waals surface area contributed by atoms with Crippen LogP contribution in [-0.2, 0) is 19.2 Å². The molecule has 0 aromatic heterocycles. The molecular weight excluding hydrogens is 472 g/mol. The third-order valence-electron chi connectivity index (χ3n) is 5.37.